The number of primary amides is 1. The van der Waals surface area contributed by atoms with Crippen LogP contribution < -0.4 is 10.6 Å². The number of amides is 2. The van der Waals surface area contributed by atoms with E-state index >= 15 is 0 Å². The summed E-state index contributed by atoms with van der Waals surface area (Å²) >= 11 is 6.57. The van der Waals surface area contributed by atoms with Crippen LogP contribution in [-0.4, -0.2) is 23.3 Å². The highest BCUT2D eigenvalue weighted by Gasteiger charge is 2.34. The van der Waals surface area contributed by atoms with E-state index in [0.29, 0.717) is 17.0 Å². The van der Waals surface area contributed by atoms with Crippen LogP contribution in [-0.2, 0) is 9.59 Å². The van der Waals surface area contributed by atoms with Crippen LogP contribution in [0.5, 0.6) is 0 Å². The second-order valence-electron chi connectivity index (χ2n) is 3.75. The van der Waals surface area contributed by atoms with Crippen molar-refractivity contribution < 1.29 is 9.59 Å². The van der Waals surface area contributed by atoms with Crippen LogP contribution in [0.1, 0.15) is 6.42 Å². The zero-order valence-corrected chi connectivity index (χ0v) is 11.9. The lowest BCUT2D eigenvalue weighted by Crippen LogP contribution is -2.29. The SMILES string of the molecule is NC(=O)C1CC(=O)N(c2ccc(Br)c(Br)n2)C1. The Hall–Kier alpha value is -0.950. The fraction of sp³-hybridized carbons (Fsp3) is 0.300. The van der Waals surface area contributed by atoms with Crippen molar-refractivity contribution in [3.05, 3.63) is 21.2 Å². The molecule has 0 bridgehead atoms. The van der Waals surface area contributed by atoms with Gasteiger partial charge in [-0.3, -0.25) is 14.5 Å². The summed E-state index contributed by atoms with van der Waals surface area (Å²) < 4.78 is 1.42. The largest absolute Gasteiger partial charge is 0.369 e. The summed E-state index contributed by atoms with van der Waals surface area (Å²) in [5.74, 6) is -0.479. The topological polar surface area (TPSA) is 76.3 Å². The number of nitrogens with two attached hydrogens (primary N) is 1. The van der Waals surface area contributed by atoms with E-state index in [2.05, 4.69) is 36.8 Å². The highest BCUT2D eigenvalue weighted by Crippen LogP contribution is 2.28. The second-order valence-corrected chi connectivity index (χ2v) is 5.36. The first-order valence-corrected chi connectivity index (χ1v) is 6.49. The fourth-order valence-electron chi connectivity index (χ4n) is 1.68. The maximum atomic E-state index is 11.7. The predicted octanol–water partition coefficient (Wildman–Crippen LogP) is 1.44. The molecule has 1 aliphatic heterocycles. The van der Waals surface area contributed by atoms with E-state index < -0.39 is 11.8 Å². The first kappa shape index (κ1) is 12.5. The molecule has 1 fully saturated rings. The van der Waals surface area contributed by atoms with E-state index in [4.69, 9.17) is 5.73 Å². The van der Waals surface area contributed by atoms with E-state index in [1.807, 2.05) is 0 Å². The summed E-state index contributed by atoms with van der Waals surface area (Å²) in [6, 6.07) is 3.51. The van der Waals surface area contributed by atoms with Crippen LogP contribution in [0.3, 0.4) is 0 Å². The van der Waals surface area contributed by atoms with Crippen LogP contribution >= 0.6 is 31.9 Å². The number of pyridine rings is 1. The third-order valence-electron chi connectivity index (χ3n) is 2.59. The molecule has 90 valence electrons. The summed E-state index contributed by atoms with van der Waals surface area (Å²) in [5, 5.41) is 0. The third kappa shape index (κ3) is 2.50. The Morgan fingerprint density at radius 1 is 1.47 bits per heavy atom. The third-order valence-corrected chi connectivity index (χ3v) is 4.37. The molecule has 1 aromatic rings. The average molecular weight is 363 g/mol. The molecule has 5 nitrogen and oxygen atoms in total. The molecular formula is C10H9Br2N3O2. The number of hydrogen-bond acceptors (Lipinski definition) is 3. The molecule has 1 unspecified atom stereocenters. The lowest BCUT2D eigenvalue weighted by Gasteiger charge is -2.15. The number of halogens is 2. The lowest BCUT2D eigenvalue weighted by atomic mass is 10.1. The van der Waals surface area contributed by atoms with Gasteiger partial charge in [0.05, 0.1) is 10.4 Å². The van der Waals surface area contributed by atoms with Gasteiger partial charge in [0.15, 0.2) is 0 Å². The molecule has 7 heteroatoms. The minimum absolute atomic E-state index is 0.129. The van der Waals surface area contributed by atoms with Gasteiger partial charge in [-0.15, -0.1) is 0 Å². The van der Waals surface area contributed by atoms with Crippen LogP contribution in [0.2, 0.25) is 0 Å². The van der Waals surface area contributed by atoms with Gasteiger partial charge >= 0.3 is 0 Å². The summed E-state index contributed by atoms with van der Waals surface area (Å²) in [7, 11) is 0. The van der Waals surface area contributed by atoms with Gasteiger partial charge in [-0.05, 0) is 44.0 Å². The fourth-order valence-corrected chi connectivity index (χ4v) is 2.21. The van der Waals surface area contributed by atoms with Crippen LogP contribution in [0.4, 0.5) is 5.82 Å². The number of nitrogens with zero attached hydrogens (tertiary/aromatic N) is 2. The maximum Gasteiger partial charge on any atom is 0.229 e. The Bertz CT molecular complexity index is 492. The quantitative estimate of drug-likeness (QED) is 0.809. The van der Waals surface area contributed by atoms with Gasteiger partial charge in [0, 0.05) is 13.0 Å². The first-order valence-electron chi connectivity index (χ1n) is 4.90. The van der Waals surface area contributed by atoms with Gasteiger partial charge in [0.25, 0.3) is 0 Å². The van der Waals surface area contributed by atoms with Crippen molar-refractivity contribution in [2.24, 2.45) is 11.7 Å². The summed E-state index contributed by atoms with van der Waals surface area (Å²) in [4.78, 5) is 28.5. The van der Waals surface area contributed by atoms with E-state index in [-0.39, 0.29) is 12.3 Å². The van der Waals surface area contributed by atoms with E-state index in [1.54, 1.807) is 12.1 Å². The minimum Gasteiger partial charge on any atom is -0.369 e. The molecule has 2 heterocycles. The number of carbonyl (C=O) groups is 2. The summed E-state index contributed by atoms with van der Waals surface area (Å²) in [6.07, 6.45) is 0.157. The maximum absolute atomic E-state index is 11.7. The van der Waals surface area contributed by atoms with Crippen molar-refractivity contribution in [1.82, 2.24) is 4.98 Å². The molecule has 1 aromatic heterocycles. The lowest BCUT2D eigenvalue weighted by molar-refractivity contribution is -0.123. The summed E-state index contributed by atoms with van der Waals surface area (Å²) in [5.41, 5.74) is 5.20. The Kier molecular flexibility index (Phi) is 3.48. The number of rotatable bonds is 2. The Labute approximate surface area is 115 Å². The normalized spacial score (nSPS) is 19.8. The molecule has 2 rings (SSSR count). The highest BCUT2D eigenvalue weighted by atomic mass is 79.9. The van der Waals surface area contributed by atoms with Crippen molar-refractivity contribution in [3.63, 3.8) is 0 Å². The Balaban J connectivity index is 2.26. The molecule has 1 saturated heterocycles. The van der Waals surface area contributed by atoms with Gasteiger partial charge in [-0.2, -0.15) is 0 Å². The van der Waals surface area contributed by atoms with Crippen molar-refractivity contribution in [2.45, 2.75) is 6.42 Å². The molecule has 0 spiro atoms. The smallest absolute Gasteiger partial charge is 0.229 e. The standard InChI is InChI=1S/C10H9Br2N3O2/c11-6-1-2-7(14-9(6)12)15-4-5(10(13)17)3-8(15)16/h1-2,5H,3-4H2,(H2,13,17). The highest BCUT2D eigenvalue weighted by molar-refractivity contribution is 9.13. The van der Waals surface area contributed by atoms with Crippen LogP contribution in [0.25, 0.3) is 0 Å². The summed E-state index contributed by atoms with van der Waals surface area (Å²) in [6.45, 7) is 0.301. The van der Waals surface area contributed by atoms with Crippen molar-refractivity contribution >= 4 is 49.5 Å². The van der Waals surface area contributed by atoms with Gasteiger partial charge < -0.3 is 5.73 Å². The second kappa shape index (κ2) is 4.73. The van der Waals surface area contributed by atoms with Crippen molar-refractivity contribution in [2.75, 3.05) is 11.4 Å². The van der Waals surface area contributed by atoms with Gasteiger partial charge in [-0.25, -0.2) is 4.98 Å². The predicted molar refractivity (Wildman–Crippen MR) is 69.3 cm³/mol. The number of anilines is 1. The molecule has 0 aromatic carbocycles. The molecule has 0 radical (unpaired) electrons. The van der Waals surface area contributed by atoms with Crippen LogP contribution in [0.15, 0.2) is 21.2 Å². The van der Waals surface area contributed by atoms with E-state index in [1.165, 1.54) is 4.90 Å². The molecule has 0 saturated carbocycles. The van der Waals surface area contributed by atoms with Crippen LogP contribution in [0, 0.1) is 5.92 Å². The zero-order chi connectivity index (χ0) is 12.6. The molecule has 1 atom stereocenters. The monoisotopic (exact) mass is 361 g/mol. The van der Waals surface area contributed by atoms with Crippen molar-refractivity contribution in [3.8, 4) is 0 Å². The van der Waals surface area contributed by atoms with E-state index in [9.17, 15) is 9.59 Å². The molecule has 0 aliphatic carbocycles. The Morgan fingerprint density at radius 2 is 2.18 bits per heavy atom. The van der Waals surface area contributed by atoms with Gasteiger partial charge in [0.1, 0.15) is 10.4 Å². The first-order chi connectivity index (χ1) is 7.99. The number of carbonyl (C=O) groups excluding carboxylic acids is 2. The Morgan fingerprint density at radius 3 is 2.71 bits per heavy atom. The van der Waals surface area contributed by atoms with Crippen molar-refractivity contribution in [1.29, 1.82) is 0 Å². The number of aromatic nitrogens is 1. The molecule has 2 amide bonds. The molecule has 1 aliphatic rings. The zero-order valence-electron chi connectivity index (χ0n) is 8.69. The van der Waals surface area contributed by atoms with Gasteiger partial charge in [0.2, 0.25) is 11.8 Å². The van der Waals surface area contributed by atoms with E-state index in [0.717, 1.165) is 4.47 Å². The molecule has 17 heavy (non-hydrogen) atoms. The number of hydrogen-bond donors (Lipinski definition) is 1. The molecule has 2 N–H and O–H groups in total. The van der Waals surface area contributed by atoms with Gasteiger partial charge in [-0.1, -0.05) is 0 Å². The minimum atomic E-state index is -0.447. The molecular weight excluding hydrogens is 354 g/mol. The average Bonchev–Trinajstić information content (AvgIpc) is 2.65.